The van der Waals surface area contributed by atoms with Crippen molar-refractivity contribution in [2.75, 3.05) is 0 Å². The maximum atomic E-state index is 9.00. The number of imidazole rings is 1. The summed E-state index contributed by atoms with van der Waals surface area (Å²) in [7, 11) is 0. The van der Waals surface area contributed by atoms with E-state index in [0.717, 1.165) is 29.7 Å². The van der Waals surface area contributed by atoms with E-state index in [4.69, 9.17) is 17.5 Å². The van der Waals surface area contributed by atoms with E-state index in [1.54, 1.807) is 12.3 Å². The second-order valence-corrected chi connectivity index (χ2v) is 4.88. The monoisotopic (exact) mass is 280 g/mol. The maximum absolute atomic E-state index is 9.00. The van der Waals surface area contributed by atoms with E-state index < -0.39 is 0 Å². The Balaban J connectivity index is 1.97. The van der Waals surface area contributed by atoms with E-state index >= 15 is 0 Å². The SMILES string of the molecule is N#Cc1ccc2[nH]c(=S)n(CCc3ccccn3)c2c1. The fourth-order valence-electron chi connectivity index (χ4n) is 2.22. The van der Waals surface area contributed by atoms with Crippen LogP contribution in [0.1, 0.15) is 11.3 Å². The van der Waals surface area contributed by atoms with Crippen LogP contribution in [-0.2, 0) is 13.0 Å². The lowest BCUT2D eigenvalue weighted by atomic mass is 10.2. The molecule has 2 heterocycles. The molecule has 3 rings (SSSR count). The van der Waals surface area contributed by atoms with Gasteiger partial charge >= 0.3 is 0 Å². The molecule has 0 saturated heterocycles. The van der Waals surface area contributed by atoms with Crippen LogP contribution in [0.25, 0.3) is 11.0 Å². The molecule has 0 radical (unpaired) electrons. The van der Waals surface area contributed by atoms with Gasteiger partial charge in [-0.15, -0.1) is 0 Å². The highest BCUT2D eigenvalue weighted by atomic mass is 32.1. The van der Waals surface area contributed by atoms with Crippen LogP contribution < -0.4 is 0 Å². The molecule has 3 aromatic rings. The second-order valence-electron chi connectivity index (χ2n) is 4.50. The highest BCUT2D eigenvalue weighted by molar-refractivity contribution is 7.71. The third kappa shape index (κ3) is 2.33. The Morgan fingerprint density at radius 2 is 2.20 bits per heavy atom. The number of rotatable bonds is 3. The molecule has 0 saturated carbocycles. The van der Waals surface area contributed by atoms with Crippen LogP contribution in [0, 0.1) is 16.1 Å². The number of aromatic nitrogens is 3. The van der Waals surface area contributed by atoms with Gasteiger partial charge in [0, 0.05) is 24.9 Å². The van der Waals surface area contributed by atoms with Crippen LogP contribution in [-0.4, -0.2) is 14.5 Å². The van der Waals surface area contributed by atoms with Crippen molar-refractivity contribution in [3.05, 3.63) is 58.6 Å². The number of nitriles is 1. The van der Waals surface area contributed by atoms with Gasteiger partial charge in [-0.3, -0.25) is 4.98 Å². The third-order valence-corrected chi connectivity index (χ3v) is 3.54. The van der Waals surface area contributed by atoms with Crippen LogP contribution in [0.4, 0.5) is 0 Å². The maximum Gasteiger partial charge on any atom is 0.178 e. The van der Waals surface area contributed by atoms with E-state index in [-0.39, 0.29) is 0 Å². The first-order valence-electron chi connectivity index (χ1n) is 6.30. The van der Waals surface area contributed by atoms with Gasteiger partial charge in [0.15, 0.2) is 4.77 Å². The first-order valence-corrected chi connectivity index (χ1v) is 6.71. The Kier molecular flexibility index (Phi) is 3.32. The van der Waals surface area contributed by atoms with Crippen LogP contribution in [0.5, 0.6) is 0 Å². The van der Waals surface area contributed by atoms with Crippen LogP contribution >= 0.6 is 12.2 Å². The Morgan fingerprint density at radius 3 is 2.95 bits per heavy atom. The Bertz CT molecular complexity index is 840. The number of aromatic amines is 1. The van der Waals surface area contributed by atoms with Crippen molar-refractivity contribution in [2.45, 2.75) is 13.0 Å². The first kappa shape index (κ1) is 12.6. The minimum atomic E-state index is 0.637. The van der Waals surface area contributed by atoms with Gasteiger partial charge < -0.3 is 9.55 Å². The number of nitrogens with zero attached hydrogens (tertiary/aromatic N) is 3. The highest BCUT2D eigenvalue weighted by Gasteiger charge is 2.06. The second kappa shape index (κ2) is 5.27. The van der Waals surface area contributed by atoms with E-state index in [2.05, 4.69) is 16.0 Å². The lowest BCUT2D eigenvalue weighted by molar-refractivity contribution is 0.695. The van der Waals surface area contributed by atoms with Gasteiger partial charge in [-0.1, -0.05) is 6.07 Å². The average molecular weight is 280 g/mol. The number of hydrogen-bond acceptors (Lipinski definition) is 3. The summed E-state index contributed by atoms with van der Waals surface area (Å²) < 4.78 is 2.69. The molecular weight excluding hydrogens is 268 g/mol. The fourth-order valence-corrected chi connectivity index (χ4v) is 2.52. The number of H-pyrrole nitrogens is 1. The molecule has 1 aromatic carbocycles. The summed E-state index contributed by atoms with van der Waals surface area (Å²) in [4.78, 5) is 7.47. The molecule has 5 heteroatoms. The molecular formula is C15H12N4S. The summed E-state index contributed by atoms with van der Waals surface area (Å²) in [5.74, 6) is 0. The minimum absolute atomic E-state index is 0.637. The number of aryl methyl sites for hydroxylation is 2. The van der Waals surface area contributed by atoms with Crippen LogP contribution in [0.2, 0.25) is 0 Å². The van der Waals surface area contributed by atoms with Gasteiger partial charge in [0.2, 0.25) is 0 Å². The van der Waals surface area contributed by atoms with Gasteiger partial charge in [-0.2, -0.15) is 5.26 Å². The zero-order chi connectivity index (χ0) is 13.9. The number of benzene rings is 1. The number of pyridine rings is 1. The summed E-state index contributed by atoms with van der Waals surface area (Å²) in [5, 5.41) is 9.00. The number of hydrogen-bond donors (Lipinski definition) is 1. The molecule has 0 spiro atoms. The van der Waals surface area contributed by atoms with E-state index in [1.165, 1.54) is 0 Å². The molecule has 0 aliphatic rings. The smallest absolute Gasteiger partial charge is 0.178 e. The van der Waals surface area contributed by atoms with Gasteiger partial charge in [-0.25, -0.2) is 0 Å². The predicted molar refractivity (Wildman–Crippen MR) is 79.8 cm³/mol. The van der Waals surface area contributed by atoms with Crippen molar-refractivity contribution in [1.82, 2.24) is 14.5 Å². The topological polar surface area (TPSA) is 57.4 Å². The molecule has 0 atom stereocenters. The Labute approximate surface area is 121 Å². The standard InChI is InChI=1S/C15H12N4S/c16-10-11-4-5-13-14(9-11)19(15(20)18-13)8-6-12-3-1-2-7-17-12/h1-5,7,9H,6,8H2,(H,18,20). The van der Waals surface area contributed by atoms with E-state index in [1.807, 2.05) is 34.9 Å². The van der Waals surface area contributed by atoms with Gasteiger partial charge in [0.1, 0.15) is 0 Å². The summed E-state index contributed by atoms with van der Waals surface area (Å²) in [6.07, 6.45) is 2.59. The molecule has 1 N–H and O–H groups in total. The first-order chi connectivity index (χ1) is 9.78. The zero-order valence-corrected chi connectivity index (χ0v) is 11.5. The van der Waals surface area contributed by atoms with Gasteiger partial charge in [0.25, 0.3) is 0 Å². The lowest BCUT2D eigenvalue weighted by Crippen LogP contribution is -2.02. The zero-order valence-electron chi connectivity index (χ0n) is 10.7. The van der Waals surface area contributed by atoms with E-state index in [0.29, 0.717) is 10.3 Å². The minimum Gasteiger partial charge on any atom is -0.331 e. The number of nitrogens with one attached hydrogen (secondary N) is 1. The Morgan fingerprint density at radius 1 is 1.30 bits per heavy atom. The lowest BCUT2D eigenvalue weighted by Gasteiger charge is -2.04. The Hall–Kier alpha value is -2.45. The summed E-state index contributed by atoms with van der Waals surface area (Å²) >= 11 is 5.35. The summed E-state index contributed by atoms with van der Waals surface area (Å²) in [5.41, 5.74) is 3.58. The number of fused-ring (bicyclic) bond motifs is 1. The largest absolute Gasteiger partial charge is 0.331 e. The van der Waals surface area contributed by atoms with Crippen molar-refractivity contribution in [2.24, 2.45) is 0 Å². The van der Waals surface area contributed by atoms with Crippen LogP contribution in [0.15, 0.2) is 42.6 Å². The fraction of sp³-hybridized carbons (Fsp3) is 0.133. The van der Waals surface area contributed by atoms with Crippen LogP contribution in [0.3, 0.4) is 0 Å². The third-order valence-electron chi connectivity index (χ3n) is 3.22. The van der Waals surface area contributed by atoms with Crippen molar-refractivity contribution in [1.29, 1.82) is 5.26 Å². The summed E-state index contributed by atoms with van der Waals surface area (Å²) in [6.45, 7) is 0.741. The normalized spacial score (nSPS) is 10.6. The molecule has 0 bridgehead atoms. The molecule has 0 aliphatic heterocycles. The van der Waals surface area contributed by atoms with Crippen molar-refractivity contribution >= 4 is 23.3 Å². The van der Waals surface area contributed by atoms with Gasteiger partial charge in [-0.05, 0) is 42.5 Å². The molecule has 0 unspecified atom stereocenters. The van der Waals surface area contributed by atoms with Crippen molar-refractivity contribution in [3.8, 4) is 6.07 Å². The molecule has 2 aromatic heterocycles. The molecule has 98 valence electrons. The summed E-state index contributed by atoms with van der Waals surface area (Å²) in [6, 6.07) is 13.6. The molecule has 0 amide bonds. The van der Waals surface area contributed by atoms with Gasteiger partial charge in [0.05, 0.1) is 22.7 Å². The highest BCUT2D eigenvalue weighted by Crippen LogP contribution is 2.16. The molecule has 20 heavy (non-hydrogen) atoms. The molecule has 4 nitrogen and oxygen atoms in total. The quantitative estimate of drug-likeness (QED) is 0.749. The van der Waals surface area contributed by atoms with Crippen molar-refractivity contribution in [3.63, 3.8) is 0 Å². The average Bonchev–Trinajstić information content (AvgIpc) is 2.80. The molecule has 0 aliphatic carbocycles. The van der Waals surface area contributed by atoms with E-state index in [9.17, 15) is 0 Å². The van der Waals surface area contributed by atoms with Crippen molar-refractivity contribution < 1.29 is 0 Å². The molecule has 0 fully saturated rings. The predicted octanol–water partition coefficient (Wildman–Crippen LogP) is 3.21.